The summed E-state index contributed by atoms with van der Waals surface area (Å²) < 4.78 is 9.97. The van der Waals surface area contributed by atoms with Crippen LogP contribution in [0.25, 0.3) is 0 Å². The van der Waals surface area contributed by atoms with E-state index in [1.54, 1.807) is 6.92 Å². The van der Waals surface area contributed by atoms with E-state index in [1.807, 2.05) is 13.8 Å². The van der Waals surface area contributed by atoms with Gasteiger partial charge in [0.25, 0.3) is 5.22 Å². The number of aromatic nitrogens is 1. The van der Waals surface area contributed by atoms with Crippen molar-refractivity contribution in [3.8, 4) is 0 Å². The molecule has 0 amide bonds. The summed E-state index contributed by atoms with van der Waals surface area (Å²) in [5.41, 5.74) is 5.61. The number of nitrogens with two attached hydrogens (primary N) is 1. The van der Waals surface area contributed by atoms with E-state index in [0.717, 1.165) is 11.5 Å². The summed E-state index contributed by atoms with van der Waals surface area (Å²) in [7, 11) is 1.32. The van der Waals surface area contributed by atoms with Gasteiger partial charge in [-0.05, 0) is 20.8 Å². The Labute approximate surface area is 98.7 Å². The average Bonchev–Trinajstić information content (AvgIpc) is 2.54. The molecular weight excluding hydrogens is 228 g/mol. The fourth-order valence-corrected chi connectivity index (χ4v) is 1.94. The lowest BCUT2D eigenvalue weighted by molar-refractivity contribution is -0.145. The number of thioether (sulfide) groups is 1. The predicted molar refractivity (Wildman–Crippen MR) is 61.3 cm³/mol. The Morgan fingerprint density at radius 2 is 2.25 bits per heavy atom. The number of methoxy groups -OCH3 is 1. The Morgan fingerprint density at radius 1 is 1.62 bits per heavy atom. The maximum Gasteiger partial charge on any atom is 0.326 e. The third-order valence-corrected chi connectivity index (χ3v) is 3.32. The highest BCUT2D eigenvalue weighted by Gasteiger charge is 2.30. The first-order valence-corrected chi connectivity index (χ1v) is 5.79. The highest BCUT2D eigenvalue weighted by Crippen LogP contribution is 2.23. The van der Waals surface area contributed by atoms with E-state index in [-0.39, 0.29) is 0 Å². The molecule has 1 rings (SSSR count). The summed E-state index contributed by atoms with van der Waals surface area (Å²) in [6, 6.07) is 0. The van der Waals surface area contributed by atoms with Crippen LogP contribution in [-0.2, 0) is 9.53 Å². The molecule has 0 fully saturated rings. The van der Waals surface area contributed by atoms with Gasteiger partial charge in [0.05, 0.1) is 12.8 Å². The number of esters is 1. The van der Waals surface area contributed by atoms with Crippen LogP contribution in [0.3, 0.4) is 0 Å². The van der Waals surface area contributed by atoms with Gasteiger partial charge in [-0.3, -0.25) is 4.79 Å². The van der Waals surface area contributed by atoms with Gasteiger partial charge in [0.15, 0.2) is 0 Å². The number of oxazole rings is 1. The molecule has 1 aromatic rings. The zero-order chi connectivity index (χ0) is 12.3. The Balaban J connectivity index is 2.60. The lowest BCUT2D eigenvalue weighted by Gasteiger charge is -2.19. The maximum atomic E-state index is 11.3. The van der Waals surface area contributed by atoms with Crippen molar-refractivity contribution >= 4 is 17.7 Å². The van der Waals surface area contributed by atoms with E-state index < -0.39 is 11.5 Å². The summed E-state index contributed by atoms with van der Waals surface area (Å²) in [5, 5.41) is 0.524. The van der Waals surface area contributed by atoms with Crippen LogP contribution in [-0.4, -0.2) is 29.4 Å². The number of carbonyl (C=O) groups excluding carboxylic acids is 1. The molecule has 16 heavy (non-hydrogen) atoms. The number of carbonyl (C=O) groups is 1. The topological polar surface area (TPSA) is 78.4 Å². The molecule has 0 aliphatic rings. The first kappa shape index (κ1) is 13.1. The van der Waals surface area contributed by atoms with Crippen LogP contribution in [0.4, 0.5) is 0 Å². The molecule has 1 unspecified atom stereocenters. The third-order valence-electron chi connectivity index (χ3n) is 2.16. The van der Waals surface area contributed by atoms with Crippen LogP contribution < -0.4 is 5.73 Å². The number of ether oxygens (including phenoxy) is 1. The second kappa shape index (κ2) is 4.88. The van der Waals surface area contributed by atoms with Crippen LogP contribution in [0.15, 0.2) is 9.64 Å². The maximum absolute atomic E-state index is 11.3. The lowest BCUT2D eigenvalue weighted by Crippen LogP contribution is -2.48. The van der Waals surface area contributed by atoms with Gasteiger partial charge in [-0.25, -0.2) is 4.98 Å². The largest absolute Gasteiger partial charge is 0.468 e. The molecule has 0 saturated heterocycles. The number of hydrogen-bond acceptors (Lipinski definition) is 6. The van der Waals surface area contributed by atoms with Crippen molar-refractivity contribution in [1.82, 2.24) is 4.98 Å². The van der Waals surface area contributed by atoms with Crippen LogP contribution in [0.2, 0.25) is 0 Å². The van der Waals surface area contributed by atoms with Gasteiger partial charge >= 0.3 is 5.97 Å². The van der Waals surface area contributed by atoms with Crippen LogP contribution in [0, 0.1) is 13.8 Å². The Morgan fingerprint density at radius 3 is 2.69 bits per heavy atom. The molecule has 1 aromatic heterocycles. The van der Waals surface area contributed by atoms with Crippen molar-refractivity contribution in [2.45, 2.75) is 31.5 Å². The van der Waals surface area contributed by atoms with E-state index in [0.29, 0.717) is 11.0 Å². The van der Waals surface area contributed by atoms with Crippen LogP contribution in [0.5, 0.6) is 0 Å². The van der Waals surface area contributed by atoms with Crippen molar-refractivity contribution in [3.05, 3.63) is 11.5 Å². The van der Waals surface area contributed by atoms with Crippen molar-refractivity contribution in [2.75, 3.05) is 12.9 Å². The van der Waals surface area contributed by atoms with Gasteiger partial charge in [0, 0.05) is 5.75 Å². The SMILES string of the molecule is COC(=O)C(C)(N)CSc1nc(C)c(C)o1. The number of nitrogens with zero attached hydrogens (tertiary/aromatic N) is 1. The summed E-state index contributed by atoms with van der Waals surface area (Å²) in [5.74, 6) is 0.693. The second-order valence-electron chi connectivity index (χ2n) is 3.82. The molecule has 2 N–H and O–H groups in total. The molecule has 6 heteroatoms. The average molecular weight is 244 g/mol. The highest BCUT2D eigenvalue weighted by molar-refractivity contribution is 7.99. The molecule has 0 saturated carbocycles. The summed E-state index contributed by atoms with van der Waals surface area (Å²) in [6.45, 7) is 5.33. The molecule has 1 heterocycles. The summed E-state index contributed by atoms with van der Waals surface area (Å²) >= 11 is 1.30. The molecule has 0 spiro atoms. The fourth-order valence-electron chi connectivity index (χ4n) is 1.01. The second-order valence-corrected chi connectivity index (χ2v) is 4.75. The van der Waals surface area contributed by atoms with E-state index in [9.17, 15) is 4.79 Å². The third kappa shape index (κ3) is 2.99. The summed E-state index contributed by atoms with van der Waals surface area (Å²) in [4.78, 5) is 15.5. The first-order chi connectivity index (χ1) is 7.36. The first-order valence-electron chi connectivity index (χ1n) is 4.81. The van der Waals surface area contributed by atoms with Gasteiger partial charge in [0.2, 0.25) is 0 Å². The zero-order valence-corrected chi connectivity index (χ0v) is 10.7. The normalized spacial score (nSPS) is 14.6. The van der Waals surface area contributed by atoms with E-state index in [2.05, 4.69) is 9.72 Å². The number of aryl methyl sites for hydroxylation is 2. The minimum atomic E-state index is -1.03. The van der Waals surface area contributed by atoms with E-state index in [1.165, 1.54) is 18.9 Å². The van der Waals surface area contributed by atoms with Gasteiger partial charge in [0.1, 0.15) is 11.3 Å². The van der Waals surface area contributed by atoms with Gasteiger partial charge in [-0.15, -0.1) is 0 Å². The van der Waals surface area contributed by atoms with Crippen LogP contribution in [0.1, 0.15) is 18.4 Å². The smallest absolute Gasteiger partial charge is 0.326 e. The monoisotopic (exact) mass is 244 g/mol. The molecule has 1 atom stereocenters. The van der Waals surface area contributed by atoms with Gasteiger partial charge in [-0.1, -0.05) is 11.8 Å². The van der Waals surface area contributed by atoms with Crippen molar-refractivity contribution < 1.29 is 13.9 Å². The molecule has 90 valence electrons. The minimum Gasteiger partial charge on any atom is -0.468 e. The quantitative estimate of drug-likeness (QED) is 0.635. The predicted octanol–water partition coefficient (Wildman–Crippen LogP) is 1.27. The lowest BCUT2D eigenvalue weighted by atomic mass is 10.1. The molecular formula is C10H16N2O3S. The fraction of sp³-hybridized carbons (Fsp3) is 0.600. The molecule has 0 aromatic carbocycles. The Kier molecular flexibility index (Phi) is 3.98. The molecule has 0 radical (unpaired) electrons. The van der Waals surface area contributed by atoms with Crippen LogP contribution >= 0.6 is 11.8 Å². The number of hydrogen-bond donors (Lipinski definition) is 1. The van der Waals surface area contributed by atoms with Crippen molar-refractivity contribution in [2.24, 2.45) is 5.73 Å². The molecule has 0 aliphatic heterocycles. The molecule has 0 bridgehead atoms. The number of rotatable bonds is 4. The van der Waals surface area contributed by atoms with Crippen molar-refractivity contribution in [1.29, 1.82) is 0 Å². The standard InChI is InChI=1S/C10H16N2O3S/c1-6-7(2)15-9(12-6)16-5-10(3,11)8(13)14-4/h5,11H2,1-4H3. The highest BCUT2D eigenvalue weighted by atomic mass is 32.2. The van der Waals surface area contributed by atoms with E-state index in [4.69, 9.17) is 10.2 Å². The van der Waals surface area contributed by atoms with Gasteiger partial charge in [-0.2, -0.15) is 0 Å². The summed E-state index contributed by atoms with van der Waals surface area (Å²) in [6.07, 6.45) is 0. The Hall–Kier alpha value is -1.01. The van der Waals surface area contributed by atoms with Crippen molar-refractivity contribution in [3.63, 3.8) is 0 Å². The van der Waals surface area contributed by atoms with Gasteiger partial charge < -0.3 is 14.9 Å². The molecule has 0 aliphatic carbocycles. The Bertz CT molecular complexity index is 368. The zero-order valence-electron chi connectivity index (χ0n) is 9.86. The van der Waals surface area contributed by atoms with E-state index >= 15 is 0 Å². The molecule has 5 nitrogen and oxygen atoms in total. The minimum absolute atomic E-state index is 0.360.